The molecular weight excluding hydrogens is 250 g/mol. The van der Waals surface area contributed by atoms with Gasteiger partial charge in [0.05, 0.1) is 12.1 Å². The van der Waals surface area contributed by atoms with Crippen LogP contribution in [0.4, 0.5) is 17.6 Å². The molecule has 0 bridgehead atoms. The summed E-state index contributed by atoms with van der Waals surface area (Å²) >= 11 is 5.44. The normalized spacial score (nSPS) is 13.7. The van der Waals surface area contributed by atoms with Crippen LogP contribution in [0, 0.1) is 5.82 Å². The molecule has 0 radical (unpaired) electrons. The van der Waals surface area contributed by atoms with Gasteiger partial charge in [-0.15, -0.1) is 0 Å². The smallest absolute Gasteiger partial charge is 0.407 e. The zero-order valence-corrected chi connectivity index (χ0v) is 8.86. The summed E-state index contributed by atoms with van der Waals surface area (Å²) in [4.78, 5) is 0. The maximum absolute atomic E-state index is 13.0. The summed E-state index contributed by atoms with van der Waals surface area (Å²) in [7, 11) is 1.15. The summed E-state index contributed by atoms with van der Waals surface area (Å²) < 4.78 is 54.9. The molecule has 90 valence electrons. The fourth-order valence-electron chi connectivity index (χ4n) is 1.18. The summed E-state index contributed by atoms with van der Waals surface area (Å²) in [5.41, 5.74) is 4.36. The minimum absolute atomic E-state index is 0.198. The van der Waals surface area contributed by atoms with Gasteiger partial charge in [0.15, 0.2) is 0 Å². The van der Waals surface area contributed by atoms with Crippen LogP contribution in [-0.2, 0) is 0 Å². The highest BCUT2D eigenvalue weighted by molar-refractivity contribution is 6.31. The second kappa shape index (κ2) is 4.47. The number of nitrogens with two attached hydrogens (primary N) is 1. The molecule has 0 saturated heterocycles. The van der Waals surface area contributed by atoms with Crippen LogP contribution >= 0.6 is 11.6 Å². The summed E-state index contributed by atoms with van der Waals surface area (Å²) in [6.07, 6.45) is -4.72. The van der Waals surface area contributed by atoms with E-state index in [0.717, 1.165) is 19.2 Å². The highest BCUT2D eigenvalue weighted by Gasteiger charge is 2.41. The van der Waals surface area contributed by atoms with Crippen molar-refractivity contribution in [3.05, 3.63) is 28.5 Å². The number of hydrogen-bond donors (Lipinski definition) is 1. The van der Waals surface area contributed by atoms with Crippen LogP contribution in [0.15, 0.2) is 12.1 Å². The first kappa shape index (κ1) is 13.1. The molecule has 2 N–H and O–H groups in total. The highest BCUT2D eigenvalue weighted by atomic mass is 35.5. The fourth-order valence-corrected chi connectivity index (χ4v) is 1.45. The Kier molecular flexibility index (Phi) is 3.64. The van der Waals surface area contributed by atoms with Crippen LogP contribution in [0.2, 0.25) is 5.02 Å². The predicted molar refractivity (Wildman–Crippen MR) is 50.9 cm³/mol. The molecule has 0 heterocycles. The lowest BCUT2D eigenvalue weighted by molar-refractivity contribution is -0.149. The van der Waals surface area contributed by atoms with E-state index in [4.69, 9.17) is 17.3 Å². The molecule has 1 aromatic rings. The van der Waals surface area contributed by atoms with Crippen molar-refractivity contribution in [1.29, 1.82) is 0 Å². The third-order valence-corrected chi connectivity index (χ3v) is 2.36. The summed E-state index contributed by atoms with van der Waals surface area (Å²) in [5, 5.41) is -0.677. The lowest BCUT2D eigenvalue weighted by Gasteiger charge is -2.19. The van der Waals surface area contributed by atoms with Gasteiger partial charge in [-0.25, -0.2) is 4.39 Å². The van der Waals surface area contributed by atoms with Gasteiger partial charge in [-0.05, 0) is 12.1 Å². The van der Waals surface area contributed by atoms with Gasteiger partial charge in [0.2, 0.25) is 0 Å². The zero-order chi connectivity index (χ0) is 12.5. The molecule has 0 aliphatic rings. The minimum Gasteiger partial charge on any atom is -0.496 e. The number of benzene rings is 1. The number of methoxy groups -OCH3 is 1. The van der Waals surface area contributed by atoms with Gasteiger partial charge in [0.25, 0.3) is 0 Å². The average Bonchev–Trinajstić information content (AvgIpc) is 2.19. The molecule has 16 heavy (non-hydrogen) atoms. The Morgan fingerprint density at radius 1 is 1.38 bits per heavy atom. The molecule has 0 spiro atoms. The molecule has 1 atom stereocenters. The monoisotopic (exact) mass is 257 g/mol. The van der Waals surface area contributed by atoms with E-state index in [1.165, 1.54) is 0 Å². The first-order valence-electron chi connectivity index (χ1n) is 4.13. The lowest BCUT2D eigenvalue weighted by Crippen LogP contribution is -2.29. The molecule has 0 fully saturated rings. The van der Waals surface area contributed by atoms with E-state index >= 15 is 0 Å². The first-order valence-corrected chi connectivity index (χ1v) is 4.51. The van der Waals surface area contributed by atoms with Crippen molar-refractivity contribution < 1.29 is 22.3 Å². The second-order valence-corrected chi connectivity index (χ2v) is 3.37. The molecular formula is C9H8ClF4NO. The molecule has 1 unspecified atom stereocenters. The second-order valence-electron chi connectivity index (χ2n) is 3.00. The molecule has 0 aliphatic heterocycles. The molecule has 1 aromatic carbocycles. The first-order chi connectivity index (χ1) is 7.29. The van der Waals surface area contributed by atoms with E-state index in [-0.39, 0.29) is 5.75 Å². The summed E-state index contributed by atoms with van der Waals surface area (Å²) in [6.45, 7) is 0. The van der Waals surface area contributed by atoms with Crippen LogP contribution in [0.5, 0.6) is 5.75 Å². The Labute approximate surface area is 93.9 Å². The van der Waals surface area contributed by atoms with Crippen molar-refractivity contribution in [3.8, 4) is 5.75 Å². The van der Waals surface area contributed by atoms with Gasteiger partial charge in [0, 0.05) is 5.56 Å². The molecule has 7 heteroatoms. The number of rotatable bonds is 2. The zero-order valence-electron chi connectivity index (χ0n) is 8.11. The Hall–Kier alpha value is -1.01. The quantitative estimate of drug-likeness (QED) is 0.827. The van der Waals surface area contributed by atoms with Crippen molar-refractivity contribution in [2.24, 2.45) is 5.73 Å². The summed E-state index contributed by atoms with van der Waals surface area (Å²) in [5.74, 6) is -1.17. The van der Waals surface area contributed by atoms with Crippen LogP contribution in [-0.4, -0.2) is 13.3 Å². The van der Waals surface area contributed by atoms with E-state index in [1.54, 1.807) is 0 Å². The van der Waals surface area contributed by atoms with Gasteiger partial charge >= 0.3 is 6.18 Å². The summed E-state index contributed by atoms with van der Waals surface area (Å²) in [6, 6.07) is -0.429. The Morgan fingerprint density at radius 2 is 1.94 bits per heavy atom. The van der Waals surface area contributed by atoms with Gasteiger partial charge in [0.1, 0.15) is 17.6 Å². The third-order valence-electron chi connectivity index (χ3n) is 1.98. The van der Waals surface area contributed by atoms with E-state index in [9.17, 15) is 17.6 Å². The largest absolute Gasteiger partial charge is 0.496 e. The van der Waals surface area contributed by atoms with Crippen LogP contribution in [0.3, 0.4) is 0 Å². The maximum Gasteiger partial charge on any atom is 0.407 e. The van der Waals surface area contributed by atoms with Crippen LogP contribution in [0.25, 0.3) is 0 Å². The molecule has 2 nitrogen and oxygen atoms in total. The van der Waals surface area contributed by atoms with E-state index in [0.29, 0.717) is 0 Å². The van der Waals surface area contributed by atoms with Crippen molar-refractivity contribution in [2.45, 2.75) is 12.2 Å². The topological polar surface area (TPSA) is 35.2 Å². The van der Waals surface area contributed by atoms with Crippen molar-refractivity contribution in [3.63, 3.8) is 0 Å². The molecule has 0 saturated carbocycles. The van der Waals surface area contributed by atoms with Gasteiger partial charge in [-0.2, -0.15) is 13.2 Å². The molecule has 0 aromatic heterocycles. The Balaban J connectivity index is 3.35. The minimum atomic E-state index is -4.72. The van der Waals surface area contributed by atoms with Crippen LogP contribution < -0.4 is 10.5 Å². The van der Waals surface area contributed by atoms with Crippen LogP contribution in [0.1, 0.15) is 11.6 Å². The number of hydrogen-bond acceptors (Lipinski definition) is 2. The number of halogens is 5. The van der Waals surface area contributed by atoms with Gasteiger partial charge in [-0.1, -0.05) is 11.6 Å². The van der Waals surface area contributed by atoms with Crippen molar-refractivity contribution in [1.82, 2.24) is 0 Å². The third kappa shape index (κ3) is 2.38. The molecule has 1 rings (SSSR count). The predicted octanol–water partition coefficient (Wildman–Crippen LogP) is 3.05. The maximum atomic E-state index is 13.0. The Morgan fingerprint density at radius 3 is 2.38 bits per heavy atom. The van der Waals surface area contributed by atoms with Crippen molar-refractivity contribution in [2.75, 3.05) is 7.11 Å². The standard InChI is InChI=1S/C9H8ClF4NO/c1-16-5-3-2-4(11)7(10)6(5)8(15)9(12,13)14/h2-3,8H,15H2,1H3. The lowest BCUT2D eigenvalue weighted by atomic mass is 10.1. The van der Waals surface area contributed by atoms with E-state index in [2.05, 4.69) is 4.74 Å². The SMILES string of the molecule is COc1ccc(F)c(Cl)c1C(N)C(F)(F)F. The van der Waals surface area contributed by atoms with E-state index < -0.39 is 28.6 Å². The Bertz CT molecular complexity index is 394. The number of alkyl halides is 3. The highest BCUT2D eigenvalue weighted by Crippen LogP contribution is 2.40. The van der Waals surface area contributed by atoms with E-state index in [1.807, 2.05) is 0 Å². The van der Waals surface area contributed by atoms with Gasteiger partial charge < -0.3 is 10.5 Å². The molecule has 0 aliphatic carbocycles. The molecule has 0 amide bonds. The van der Waals surface area contributed by atoms with Crippen molar-refractivity contribution >= 4 is 11.6 Å². The van der Waals surface area contributed by atoms with Gasteiger partial charge in [-0.3, -0.25) is 0 Å². The fraction of sp³-hybridized carbons (Fsp3) is 0.333. The average molecular weight is 258 g/mol. The number of ether oxygens (including phenoxy) is 1.